The van der Waals surface area contributed by atoms with Crippen molar-refractivity contribution in [2.24, 2.45) is 5.92 Å². The normalized spacial score (nSPS) is 15.7. The summed E-state index contributed by atoms with van der Waals surface area (Å²) < 4.78 is 50.6. The van der Waals surface area contributed by atoms with Crippen molar-refractivity contribution in [1.82, 2.24) is 4.90 Å². The Kier molecular flexibility index (Phi) is 7.58. The summed E-state index contributed by atoms with van der Waals surface area (Å²) in [6, 6.07) is 6.54. The van der Waals surface area contributed by atoms with E-state index in [4.69, 9.17) is 18.9 Å². The second-order valence-corrected chi connectivity index (χ2v) is 9.65. The van der Waals surface area contributed by atoms with E-state index in [0.29, 0.717) is 18.7 Å². The highest BCUT2D eigenvalue weighted by Gasteiger charge is 2.35. The van der Waals surface area contributed by atoms with Gasteiger partial charge in [0, 0.05) is 12.6 Å². The summed E-state index contributed by atoms with van der Waals surface area (Å²) >= 11 is 0. The molecular formula is C26H33F2NO5. The molecule has 3 rings (SSSR count). The number of nitrogens with zero attached hydrogens (tertiary/aromatic N) is 1. The Hall–Kier alpha value is -3.03. The van der Waals surface area contributed by atoms with Crippen LogP contribution < -0.4 is 14.2 Å². The smallest absolute Gasteiger partial charge is 0.410 e. The van der Waals surface area contributed by atoms with Crippen LogP contribution in [-0.4, -0.2) is 37.4 Å². The molecule has 6 nitrogen and oxygen atoms in total. The van der Waals surface area contributed by atoms with Crippen molar-refractivity contribution in [3.8, 4) is 17.2 Å². The van der Waals surface area contributed by atoms with Crippen LogP contribution in [0.1, 0.15) is 57.4 Å². The first-order valence-corrected chi connectivity index (χ1v) is 11.3. The third kappa shape index (κ3) is 5.37. The van der Waals surface area contributed by atoms with Gasteiger partial charge in [0.25, 0.3) is 0 Å². The summed E-state index contributed by atoms with van der Waals surface area (Å²) in [6.45, 7) is 9.83. The molecule has 1 aliphatic rings. The maximum atomic E-state index is 14.7. The predicted octanol–water partition coefficient (Wildman–Crippen LogP) is 6.05. The van der Waals surface area contributed by atoms with Crippen LogP contribution in [0.2, 0.25) is 0 Å². The van der Waals surface area contributed by atoms with Gasteiger partial charge in [0.1, 0.15) is 18.0 Å². The molecule has 34 heavy (non-hydrogen) atoms. The molecule has 0 unspecified atom stereocenters. The molecule has 0 N–H and O–H groups in total. The highest BCUT2D eigenvalue weighted by molar-refractivity contribution is 5.69. The predicted molar refractivity (Wildman–Crippen MR) is 124 cm³/mol. The number of fused-ring (bicyclic) bond motifs is 1. The van der Waals surface area contributed by atoms with Gasteiger partial charge in [0.2, 0.25) is 0 Å². The molecule has 2 aromatic rings. The number of rotatable bonds is 6. The number of ether oxygens (including phenoxy) is 4. The Bertz CT molecular complexity index is 1020. The number of hydrogen-bond acceptors (Lipinski definition) is 5. The molecule has 0 aliphatic carbocycles. The fraction of sp³-hybridized carbons (Fsp3) is 0.500. The van der Waals surface area contributed by atoms with Crippen molar-refractivity contribution in [3.05, 3.63) is 52.6 Å². The van der Waals surface area contributed by atoms with Crippen LogP contribution in [0.3, 0.4) is 0 Å². The maximum absolute atomic E-state index is 14.7. The topological polar surface area (TPSA) is 57.2 Å². The molecule has 2 aromatic carbocycles. The Morgan fingerprint density at radius 3 is 2.24 bits per heavy atom. The minimum Gasteiger partial charge on any atom is -0.494 e. The molecule has 0 saturated heterocycles. The lowest BCUT2D eigenvalue weighted by Crippen LogP contribution is -2.44. The van der Waals surface area contributed by atoms with Gasteiger partial charge >= 0.3 is 6.09 Å². The van der Waals surface area contributed by atoms with E-state index in [1.165, 1.54) is 14.2 Å². The van der Waals surface area contributed by atoms with Crippen LogP contribution in [0.15, 0.2) is 24.3 Å². The van der Waals surface area contributed by atoms with E-state index in [0.717, 1.165) is 17.2 Å². The Morgan fingerprint density at radius 1 is 1.09 bits per heavy atom. The van der Waals surface area contributed by atoms with Gasteiger partial charge in [-0.3, -0.25) is 0 Å². The molecular weight excluding hydrogens is 444 g/mol. The minimum absolute atomic E-state index is 0.121. The summed E-state index contributed by atoms with van der Waals surface area (Å²) in [4.78, 5) is 14.6. The van der Waals surface area contributed by atoms with Crippen LogP contribution in [0, 0.1) is 17.6 Å². The van der Waals surface area contributed by atoms with Crippen LogP contribution >= 0.6 is 0 Å². The third-order valence-corrected chi connectivity index (χ3v) is 5.70. The fourth-order valence-electron chi connectivity index (χ4n) is 4.19. The molecule has 0 aromatic heterocycles. The first-order chi connectivity index (χ1) is 16.0. The molecule has 1 amide bonds. The number of halogens is 2. The van der Waals surface area contributed by atoms with Crippen molar-refractivity contribution in [1.29, 1.82) is 0 Å². The second kappa shape index (κ2) is 10.1. The third-order valence-electron chi connectivity index (χ3n) is 5.70. The standard InChI is InChI=1S/C26H33F2NO5/c1-15(2)24-18-9-8-17(12-16(18)10-11-29(24)25(30)34-26(3,4)5)33-14-19-22(27)20(31-6)13-21(32-7)23(19)28/h8-9,12-13,15,24H,10-11,14H2,1-7H3/t24-/m0/s1. The number of carbonyl (C=O) groups is 1. The quantitative estimate of drug-likeness (QED) is 0.507. The van der Waals surface area contributed by atoms with Gasteiger partial charge in [-0.05, 0) is 56.4 Å². The zero-order valence-electron chi connectivity index (χ0n) is 20.8. The lowest BCUT2D eigenvalue weighted by atomic mass is 9.86. The Morgan fingerprint density at radius 2 is 1.71 bits per heavy atom. The number of benzene rings is 2. The van der Waals surface area contributed by atoms with Gasteiger partial charge in [0.15, 0.2) is 23.1 Å². The van der Waals surface area contributed by atoms with Gasteiger partial charge in [-0.25, -0.2) is 13.6 Å². The number of amides is 1. The molecule has 0 saturated carbocycles. The largest absolute Gasteiger partial charge is 0.494 e. The van der Waals surface area contributed by atoms with Gasteiger partial charge in [-0.1, -0.05) is 19.9 Å². The summed E-state index contributed by atoms with van der Waals surface area (Å²) in [6.07, 6.45) is 0.278. The Balaban J connectivity index is 1.84. The molecule has 0 radical (unpaired) electrons. The van der Waals surface area contributed by atoms with E-state index in [2.05, 4.69) is 13.8 Å². The van der Waals surface area contributed by atoms with Crippen LogP contribution in [0.5, 0.6) is 17.2 Å². The lowest BCUT2D eigenvalue weighted by molar-refractivity contribution is 0.00876. The highest BCUT2D eigenvalue weighted by atomic mass is 19.1. The van der Waals surface area contributed by atoms with E-state index < -0.39 is 17.2 Å². The first-order valence-electron chi connectivity index (χ1n) is 11.3. The van der Waals surface area contributed by atoms with E-state index in [1.807, 2.05) is 32.9 Å². The zero-order chi connectivity index (χ0) is 25.2. The van der Waals surface area contributed by atoms with Gasteiger partial charge in [0.05, 0.1) is 25.8 Å². The monoisotopic (exact) mass is 477 g/mol. The number of methoxy groups -OCH3 is 2. The van der Waals surface area contributed by atoms with Crippen molar-refractivity contribution in [2.75, 3.05) is 20.8 Å². The summed E-state index contributed by atoms with van der Waals surface area (Å²) in [7, 11) is 2.60. The van der Waals surface area contributed by atoms with Crippen LogP contribution in [0.4, 0.5) is 13.6 Å². The van der Waals surface area contributed by atoms with Crippen molar-refractivity contribution in [3.63, 3.8) is 0 Å². The highest BCUT2D eigenvalue weighted by Crippen LogP contribution is 2.38. The first kappa shape index (κ1) is 25.6. The molecule has 0 fully saturated rings. The summed E-state index contributed by atoms with van der Waals surface area (Å²) in [5.74, 6) is -1.26. The average molecular weight is 478 g/mol. The lowest BCUT2D eigenvalue weighted by Gasteiger charge is -2.40. The zero-order valence-corrected chi connectivity index (χ0v) is 20.8. The van der Waals surface area contributed by atoms with Crippen LogP contribution in [0.25, 0.3) is 0 Å². The SMILES string of the molecule is COc1cc(OC)c(F)c(COc2ccc3c(c2)CCN(C(=O)OC(C)(C)C)[C@H]3C(C)C)c1F. The molecule has 0 spiro atoms. The Labute approximate surface area is 199 Å². The van der Waals surface area contributed by atoms with Crippen molar-refractivity contribution < 1.29 is 32.5 Å². The molecule has 0 bridgehead atoms. The average Bonchev–Trinajstić information content (AvgIpc) is 2.77. The van der Waals surface area contributed by atoms with Gasteiger partial charge in [-0.15, -0.1) is 0 Å². The maximum Gasteiger partial charge on any atom is 0.410 e. The van der Waals surface area contributed by atoms with E-state index >= 15 is 0 Å². The fourth-order valence-corrected chi connectivity index (χ4v) is 4.19. The summed E-state index contributed by atoms with van der Waals surface area (Å²) in [5, 5.41) is 0. The molecule has 1 atom stereocenters. The number of carbonyl (C=O) groups excluding carboxylic acids is 1. The second-order valence-electron chi connectivity index (χ2n) is 9.65. The van der Waals surface area contributed by atoms with Crippen molar-refractivity contribution >= 4 is 6.09 Å². The van der Waals surface area contributed by atoms with E-state index in [-0.39, 0.29) is 41.7 Å². The number of hydrogen-bond donors (Lipinski definition) is 0. The van der Waals surface area contributed by atoms with Crippen molar-refractivity contribution in [2.45, 2.75) is 59.3 Å². The van der Waals surface area contributed by atoms with Gasteiger partial charge < -0.3 is 23.8 Å². The van der Waals surface area contributed by atoms with E-state index in [1.54, 1.807) is 11.0 Å². The molecule has 1 heterocycles. The molecule has 8 heteroatoms. The molecule has 186 valence electrons. The van der Waals surface area contributed by atoms with Gasteiger partial charge in [-0.2, -0.15) is 0 Å². The summed E-state index contributed by atoms with van der Waals surface area (Å²) in [5.41, 5.74) is 1.19. The minimum atomic E-state index is -0.827. The van der Waals surface area contributed by atoms with Crippen LogP contribution in [-0.2, 0) is 17.8 Å². The molecule has 1 aliphatic heterocycles. The van der Waals surface area contributed by atoms with E-state index in [9.17, 15) is 13.6 Å².